The van der Waals surface area contributed by atoms with E-state index in [0.29, 0.717) is 6.04 Å². The normalized spacial score (nSPS) is 20.5. The van der Waals surface area contributed by atoms with Gasteiger partial charge in [0.25, 0.3) is 0 Å². The summed E-state index contributed by atoms with van der Waals surface area (Å²) in [5, 5.41) is 0. The number of nitrogens with zero attached hydrogens (tertiary/aromatic N) is 5. The maximum absolute atomic E-state index is 5.22. The third-order valence-electron chi connectivity index (χ3n) is 5.28. The van der Waals surface area contributed by atoms with E-state index in [1.807, 2.05) is 30.4 Å². The van der Waals surface area contributed by atoms with Crippen LogP contribution >= 0.6 is 11.8 Å². The lowest BCUT2D eigenvalue weighted by atomic mass is 10.1. The van der Waals surface area contributed by atoms with Crippen molar-refractivity contribution >= 4 is 28.2 Å². The molecule has 2 aromatic heterocycles. The average Bonchev–Trinajstić information content (AvgIpc) is 3.23. The van der Waals surface area contributed by atoms with Crippen molar-refractivity contribution in [1.82, 2.24) is 14.9 Å². The number of anilines is 2. The molecule has 0 spiro atoms. The van der Waals surface area contributed by atoms with Gasteiger partial charge in [0.1, 0.15) is 5.82 Å². The number of thioether (sulfide) groups is 1. The number of methoxy groups -OCH3 is 1. The fourth-order valence-corrected chi connectivity index (χ4v) is 4.73. The molecule has 28 heavy (non-hydrogen) atoms. The fraction of sp³-hybridized carbons (Fsp3) is 0.429. The first kappa shape index (κ1) is 19.2. The van der Waals surface area contributed by atoms with Crippen LogP contribution in [0.1, 0.15) is 12.5 Å². The van der Waals surface area contributed by atoms with Gasteiger partial charge in [-0.05, 0) is 30.7 Å². The van der Waals surface area contributed by atoms with Gasteiger partial charge >= 0.3 is 0 Å². The summed E-state index contributed by atoms with van der Waals surface area (Å²) in [7, 11) is 1.77. The Balaban J connectivity index is 1.46. The van der Waals surface area contributed by atoms with Gasteiger partial charge in [0.2, 0.25) is 0 Å². The second kappa shape index (κ2) is 8.94. The summed E-state index contributed by atoms with van der Waals surface area (Å²) in [6.45, 7) is 7.26. The second-order valence-corrected chi connectivity index (χ2v) is 8.17. The molecule has 2 aromatic rings. The molecule has 1 unspecified atom stereocenters. The number of ether oxygens (including phenoxy) is 1. The Morgan fingerprint density at radius 2 is 2.04 bits per heavy atom. The molecule has 1 saturated heterocycles. The molecule has 1 atom stereocenters. The summed E-state index contributed by atoms with van der Waals surface area (Å²) in [5.74, 6) is 1.89. The second-order valence-electron chi connectivity index (χ2n) is 7.18. The van der Waals surface area contributed by atoms with Gasteiger partial charge in [-0.1, -0.05) is 0 Å². The Morgan fingerprint density at radius 3 is 2.82 bits per heavy atom. The van der Waals surface area contributed by atoms with Crippen molar-refractivity contribution in [2.75, 3.05) is 55.6 Å². The molecular weight excluding hydrogens is 370 g/mol. The predicted molar refractivity (Wildman–Crippen MR) is 117 cm³/mol. The van der Waals surface area contributed by atoms with Gasteiger partial charge in [-0.25, -0.2) is 4.98 Å². The van der Waals surface area contributed by atoms with Gasteiger partial charge < -0.3 is 14.5 Å². The van der Waals surface area contributed by atoms with Gasteiger partial charge in [-0.3, -0.25) is 9.88 Å². The minimum Gasteiger partial charge on any atom is -0.383 e. The molecule has 6 nitrogen and oxygen atoms in total. The van der Waals surface area contributed by atoms with Gasteiger partial charge in [0, 0.05) is 80.8 Å². The summed E-state index contributed by atoms with van der Waals surface area (Å²) < 4.78 is 5.22. The van der Waals surface area contributed by atoms with E-state index in [-0.39, 0.29) is 0 Å². The molecule has 0 amide bonds. The highest BCUT2D eigenvalue weighted by Gasteiger charge is 2.25. The molecule has 7 heteroatoms. The van der Waals surface area contributed by atoms with Crippen LogP contribution in [0.15, 0.2) is 49.1 Å². The Bertz CT molecular complexity index is 815. The van der Waals surface area contributed by atoms with Crippen LogP contribution in [0.3, 0.4) is 0 Å². The topological polar surface area (TPSA) is 44.7 Å². The minimum atomic E-state index is 0.469. The lowest BCUT2D eigenvalue weighted by Crippen LogP contribution is -2.52. The van der Waals surface area contributed by atoms with Crippen molar-refractivity contribution in [2.24, 2.45) is 0 Å². The van der Waals surface area contributed by atoms with Crippen molar-refractivity contribution in [3.8, 4) is 0 Å². The first-order valence-electron chi connectivity index (χ1n) is 9.70. The van der Waals surface area contributed by atoms with Crippen LogP contribution in [0.5, 0.6) is 0 Å². The summed E-state index contributed by atoms with van der Waals surface area (Å²) in [4.78, 5) is 17.2. The summed E-state index contributed by atoms with van der Waals surface area (Å²) in [6, 6.07) is 8.92. The Labute approximate surface area is 171 Å². The molecule has 148 valence electrons. The molecule has 1 fully saturated rings. The molecule has 0 bridgehead atoms. The Hall–Kier alpha value is -2.09. The molecular formula is C21H27N5OS. The SMILES string of the molecule is COCCN1CCN(c2ccnc(N3C=C(c4ccncc4)SC3)c2)C(C)C1. The molecule has 0 aliphatic carbocycles. The minimum absolute atomic E-state index is 0.469. The van der Waals surface area contributed by atoms with Gasteiger partial charge in [0.15, 0.2) is 0 Å². The van der Waals surface area contributed by atoms with Gasteiger partial charge in [0.05, 0.1) is 12.5 Å². The number of hydrogen-bond acceptors (Lipinski definition) is 7. The van der Waals surface area contributed by atoms with Gasteiger partial charge in [-0.15, -0.1) is 11.8 Å². The van der Waals surface area contributed by atoms with Crippen LogP contribution < -0.4 is 9.80 Å². The van der Waals surface area contributed by atoms with Crippen molar-refractivity contribution in [3.05, 3.63) is 54.6 Å². The van der Waals surface area contributed by atoms with Gasteiger partial charge in [-0.2, -0.15) is 0 Å². The van der Waals surface area contributed by atoms with Crippen LogP contribution in [0.2, 0.25) is 0 Å². The maximum Gasteiger partial charge on any atom is 0.135 e. The number of aromatic nitrogens is 2. The molecule has 0 aromatic carbocycles. The standard InChI is InChI=1S/C21H27N5OS/c1-17-14-24(11-12-27-2)9-10-26(17)19-5-8-23-21(13-19)25-15-20(28-16-25)18-3-6-22-7-4-18/h3-8,13,15,17H,9-12,14,16H2,1-2H3. The summed E-state index contributed by atoms with van der Waals surface area (Å²) >= 11 is 1.84. The number of rotatable bonds is 6. The van der Waals surface area contributed by atoms with Crippen LogP contribution in [-0.2, 0) is 4.74 Å². The van der Waals surface area contributed by atoms with E-state index in [2.05, 4.69) is 62.1 Å². The molecule has 0 N–H and O–H groups in total. The Morgan fingerprint density at radius 1 is 1.18 bits per heavy atom. The zero-order valence-corrected chi connectivity index (χ0v) is 17.3. The molecule has 0 radical (unpaired) electrons. The highest BCUT2D eigenvalue weighted by Crippen LogP contribution is 2.36. The zero-order chi connectivity index (χ0) is 19.3. The number of pyridine rings is 2. The highest BCUT2D eigenvalue weighted by atomic mass is 32.2. The summed E-state index contributed by atoms with van der Waals surface area (Å²) in [5.41, 5.74) is 2.46. The van der Waals surface area contributed by atoms with E-state index in [4.69, 9.17) is 4.74 Å². The van der Waals surface area contributed by atoms with E-state index >= 15 is 0 Å². The monoisotopic (exact) mass is 397 g/mol. The lowest BCUT2D eigenvalue weighted by Gasteiger charge is -2.41. The lowest BCUT2D eigenvalue weighted by molar-refractivity contribution is 0.136. The third-order valence-corrected chi connectivity index (χ3v) is 6.33. The molecule has 4 heterocycles. The van der Waals surface area contributed by atoms with Crippen molar-refractivity contribution < 1.29 is 4.74 Å². The van der Waals surface area contributed by atoms with Crippen molar-refractivity contribution in [2.45, 2.75) is 13.0 Å². The molecule has 4 rings (SSSR count). The van der Waals surface area contributed by atoms with E-state index < -0.39 is 0 Å². The quantitative estimate of drug-likeness (QED) is 0.742. The smallest absolute Gasteiger partial charge is 0.135 e. The van der Waals surface area contributed by atoms with Crippen LogP contribution in [0.25, 0.3) is 4.91 Å². The van der Waals surface area contributed by atoms with Crippen molar-refractivity contribution in [1.29, 1.82) is 0 Å². The van der Waals surface area contributed by atoms with Crippen molar-refractivity contribution in [3.63, 3.8) is 0 Å². The maximum atomic E-state index is 5.22. The predicted octanol–water partition coefficient (Wildman–Crippen LogP) is 3.14. The van der Waals surface area contributed by atoms with Crippen LogP contribution in [0, 0.1) is 0 Å². The molecule has 2 aliphatic heterocycles. The van der Waals surface area contributed by atoms with E-state index in [1.54, 1.807) is 7.11 Å². The first-order valence-corrected chi connectivity index (χ1v) is 10.7. The first-order chi connectivity index (χ1) is 13.7. The average molecular weight is 398 g/mol. The molecule has 0 saturated carbocycles. The highest BCUT2D eigenvalue weighted by molar-refractivity contribution is 8.08. The number of piperazine rings is 1. The van der Waals surface area contributed by atoms with E-state index in [9.17, 15) is 0 Å². The van der Waals surface area contributed by atoms with Crippen LogP contribution in [-0.4, -0.2) is 66.7 Å². The Kier molecular flexibility index (Phi) is 6.14. The van der Waals surface area contributed by atoms with E-state index in [1.165, 1.54) is 16.2 Å². The zero-order valence-electron chi connectivity index (χ0n) is 16.5. The summed E-state index contributed by atoms with van der Waals surface area (Å²) in [6.07, 6.45) is 7.80. The molecule has 2 aliphatic rings. The number of hydrogen-bond donors (Lipinski definition) is 0. The third kappa shape index (κ3) is 4.32. The van der Waals surface area contributed by atoms with E-state index in [0.717, 1.165) is 44.5 Å². The largest absolute Gasteiger partial charge is 0.383 e. The fourth-order valence-electron chi connectivity index (χ4n) is 3.74. The van der Waals surface area contributed by atoms with Crippen LogP contribution in [0.4, 0.5) is 11.5 Å².